The third kappa shape index (κ3) is 3.95. The van der Waals surface area contributed by atoms with E-state index in [2.05, 4.69) is 45.0 Å². The van der Waals surface area contributed by atoms with Crippen LogP contribution in [0.4, 0.5) is 0 Å². The van der Waals surface area contributed by atoms with Gasteiger partial charge in [0, 0.05) is 19.1 Å². The predicted molar refractivity (Wildman–Crippen MR) is 83.4 cm³/mol. The van der Waals surface area contributed by atoms with E-state index < -0.39 is 0 Å². The Labute approximate surface area is 120 Å². The number of nitrogens with one attached hydrogen (secondary N) is 1. The van der Waals surface area contributed by atoms with E-state index in [-0.39, 0.29) is 0 Å². The SMILES string of the molecule is CNC1CCC(C)(C)CC1CN1CCC(C)C(C)C1. The summed E-state index contributed by atoms with van der Waals surface area (Å²) in [5.41, 5.74) is 0.548. The molecule has 1 aliphatic carbocycles. The first-order chi connectivity index (χ1) is 8.91. The zero-order valence-corrected chi connectivity index (χ0v) is 13.7. The summed E-state index contributed by atoms with van der Waals surface area (Å²) in [4.78, 5) is 2.74. The lowest BCUT2D eigenvalue weighted by Crippen LogP contribution is -2.49. The van der Waals surface area contributed by atoms with Gasteiger partial charge < -0.3 is 10.2 Å². The Morgan fingerprint density at radius 1 is 1.16 bits per heavy atom. The van der Waals surface area contributed by atoms with E-state index in [1.807, 2.05) is 0 Å². The molecular weight excluding hydrogens is 232 g/mol. The van der Waals surface area contributed by atoms with E-state index in [0.29, 0.717) is 5.41 Å². The molecule has 0 spiro atoms. The van der Waals surface area contributed by atoms with E-state index >= 15 is 0 Å². The molecule has 1 aliphatic heterocycles. The highest BCUT2D eigenvalue weighted by atomic mass is 15.1. The van der Waals surface area contributed by atoms with Crippen LogP contribution in [0.5, 0.6) is 0 Å². The fraction of sp³-hybridized carbons (Fsp3) is 1.00. The zero-order chi connectivity index (χ0) is 14.0. The van der Waals surface area contributed by atoms with Gasteiger partial charge in [-0.2, -0.15) is 0 Å². The minimum Gasteiger partial charge on any atom is -0.317 e. The van der Waals surface area contributed by atoms with Gasteiger partial charge in [0.2, 0.25) is 0 Å². The van der Waals surface area contributed by atoms with Crippen molar-refractivity contribution in [1.29, 1.82) is 0 Å². The summed E-state index contributed by atoms with van der Waals surface area (Å²) in [7, 11) is 2.15. The van der Waals surface area contributed by atoms with Gasteiger partial charge in [-0.1, -0.05) is 27.7 Å². The lowest BCUT2D eigenvalue weighted by atomic mass is 9.69. The molecule has 2 rings (SSSR count). The Bertz CT molecular complexity index is 287. The van der Waals surface area contributed by atoms with Gasteiger partial charge in [-0.05, 0) is 62.4 Å². The van der Waals surface area contributed by atoms with Crippen LogP contribution in [0.2, 0.25) is 0 Å². The molecule has 0 radical (unpaired) electrons. The van der Waals surface area contributed by atoms with Crippen molar-refractivity contribution in [2.75, 3.05) is 26.7 Å². The van der Waals surface area contributed by atoms with Crippen molar-refractivity contribution in [2.45, 2.75) is 59.4 Å². The lowest BCUT2D eigenvalue weighted by molar-refractivity contribution is 0.0701. The third-order valence-electron chi connectivity index (χ3n) is 5.80. The van der Waals surface area contributed by atoms with Gasteiger partial charge in [-0.25, -0.2) is 0 Å². The molecule has 2 nitrogen and oxygen atoms in total. The summed E-state index contributed by atoms with van der Waals surface area (Å²) in [5, 5.41) is 3.57. The molecule has 19 heavy (non-hydrogen) atoms. The summed E-state index contributed by atoms with van der Waals surface area (Å²) in [6.45, 7) is 13.7. The number of hydrogen-bond acceptors (Lipinski definition) is 2. The Morgan fingerprint density at radius 2 is 1.89 bits per heavy atom. The van der Waals surface area contributed by atoms with E-state index in [1.54, 1.807) is 0 Å². The second-order valence-electron chi connectivity index (χ2n) is 8.07. The van der Waals surface area contributed by atoms with Crippen molar-refractivity contribution < 1.29 is 0 Å². The summed E-state index contributed by atoms with van der Waals surface area (Å²) in [6.07, 6.45) is 5.51. The largest absolute Gasteiger partial charge is 0.317 e. The van der Waals surface area contributed by atoms with Crippen molar-refractivity contribution in [3.05, 3.63) is 0 Å². The molecule has 0 amide bonds. The average Bonchev–Trinajstić information content (AvgIpc) is 2.33. The molecule has 0 bridgehead atoms. The first-order valence-corrected chi connectivity index (χ1v) is 8.31. The number of piperidine rings is 1. The highest BCUT2D eigenvalue weighted by Crippen LogP contribution is 2.39. The Morgan fingerprint density at radius 3 is 2.53 bits per heavy atom. The number of hydrogen-bond donors (Lipinski definition) is 1. The van der Waals surface area contributed by atoms with Gasteiger partial charge in [-0.3, -0.25) is 0 Å². The van der Waals surface area contributed by atoms with Crippen LogP contribution in [0.1, 0.15) is 53.4 Å². The van der Waals surface area contributed by atoms with Gasteiger partial charge in [-0.15, -0.1) is 0 Å². The highest BCUT2D eigenvalue weighted by molar-refractivity contribution is 4.90. The van der Waals surface area contributed by atoms with Crippen LogP contribution in [0.3, 0.4) is 0 Å². The fourth-order valence-electron chi connectivity index (χ4n) is 4.15. The van der Waals surface area contributed by atoms with Gasteiger partial charge in [0.1, 0.15) is 0 Å². The minimum absolute atomic E-state index is 0.548. The maximum absolute atomic E-state index is 3.57. The van der Waals surface area contributed by atoms with Crippen LogP contribution in [-0.2, 0) is 0 Å². The fourth-order valence-corrected chi connectivity index (χ4v) is 4.15. The molecule has 1 N–H and O–H groups in total. The molecule has 0 aromatic rings. The maximum Gasteiger partial charge on any atom is 0.0105 e. The highest BCUT2D eigenvalue weighted by Gasteiger charge is 2.35. The molecule has 0 aromatic heterocycles. The molecule has 2 aliphatic rings. The normalized spacial score (nSPS) is 40.3. The lowest BCUT2D eigenvalue weighted by Gasteiger charge is -2.44. The molecule has 1 saturated heterocycles. The Hall–Kier alpha value is -0.0800. The van der Waals surface area contributed by atoms with Crippen LogP contribution in [0.25, 0.3) is 0 Å². The zero-order valence-electron chi connectivity index (χ0n) is 13.7. The van der Waals surface area contributed by atoms with Crippen molar-refractivity contribution >= 4 is 0 Å². The molecule has 4 atom stereocenters. The number of rotatable bonds is 3. The van der Waals surface area contributed by atoms with Crippen LogP contribution in [0, 0.1) is 23.2 Å². The molecule has 2 fully saturated rings. The van der Waals surface area contributed by atoms with Gasteiger partial charge in [0.25, 0.3) is 0 Å². The first kappa shape index (κ1) is 15.3. The second kappa shape index (κ2) is 6.13. The third-order valence-corrected chi connectivity index (χ3v) is 5.80. The van der Waals surface area contributed by atoms with Crippen LogP contribution in [0.15, 0.2) is 0 Å². The summed E-state index contributed by atoms with van der Waals surface area (Å²) in [5.74, 6) is 2.63. The molecule has 1 heterocycles. The quantitative estimate of drug-likeness (QED) is 0.842. The monoisotopic (exact) mass is 266 g/mol. The Balaban J connectivity index is 1.92. The van der Waals surface area contributed by atoms with E-state index in [0.717, 1.165) is 23.8 Å². The van der Waals surface area contributed by atoms with E-state index in [9.17, 15) is 0 Å². The number of nitrogens with zero attached hydrogens (tertiary/aromatic N) is 1. The molecular formula is C17H34N2. The maximum atomic E-state index is 3.57. The molecule has 1 saturated carbocycles. The topological polar surface area (TPSA) is 15.3 Å². The Kier molecular flexibility index (Phi) is 4.94. The minimum atomic E-state index is 0.548. The standard InChI is InChI=1S/C17H34N2/c1-13-7-9-19(11-14(13)2)12-15-10-17(3,4)8-6-16(15)18-5/h13-16,18H,6-12H2,1-5H3. The van der Waals surface area contributed by atoms with Crippen LogP contribution < -0.4 is 5.32 Å². The van der Waals surface area contributed by atoms with E-state index in [1.165, 1.54) is 45.3 Å². The van der Waals surface area contributed by atoms with Crippen molar-refractivity contribution in [3.8, 4) is 0 Å². The molecule has 4 unspecified atom stereocenters. The van der Waals surface area contributed by atoms with Gasteiger partial charge >= 0.3 is 0 Å². The van der Waals surface area contributed by atoms with Gasteiger partial charge in [0.05, 0.1) is 0 Å². The van der Waals surface area contributed by atoms with Crippen LogP contribution in [-0.4, -0.2) is 37.6 Å². The second-order valence-corrected chi connectivity index (χ2v) is 8.07. The van der Waals surface area contributed by atoms with Crippen molar-refractivity contribution in [3.63, 3.8) is 0 Å². The molecule has 0 aromatic carbocycles. The summed E-state index contributed by atoms with van der Waals surface area (Å²) >= 11 is 0. The number of likely N-dealkylation sites (tertiary alicyclic amines) is 1. The molecule has 112 valence electrons. The first-order valence-electron chi connectivity index (χ1n) is 8.31. The summed E-state index contributed by atoms with van der Waals surface area (Å²) < 4.78 is 0. The molecule has 2 heteroatoms. The van der Waals surface area contributed by atoms with E-state index in [4.69, 9.17) is 0 Å². The summed E-state index contributed by atoms with van der Waals surface area (Å²) in [6, 6.07) is 0.739. The van der Waals surface area contributed by atoms with Crippen molar-refractivity contribution in [1.82, 2.24) is 10.2 Å². The van der Waals surface area contributed by atoms with Gasteiger partial charge in [0.15, 0.2) is 0 Å². The van der Waals surface area contributed by atoms with Crippen LogP contribution >= 0.6 is 0 Å². The van der Waals surface area contributed by atoms with Crippen molar-refractivity contribution in [2.24, 2.45) is 23.2 Å². The average molecular weight is 266 g/mol. The predicted octanol–water partition coefficient (Wildman–Crippen LogP) is 3.38. The smallest absolute Gasteiger partial charge is 0.0105 e.